The van der Waals surface area contributed by atoms with Gasteiger partial charge in [-0.3, -0.25) is 4.79 Å². The normalized spacial score (nSPS) is 24.5. The standard InChI is InChI=1S/C16H21BrN2O/c1-18-14-3-2-10-19(11-14)15(20)16(8-9-16)12-4-6-13(17)7-5-12/h4-7,14,18H,2-3,8-11H2,1H3. The highest BCUT2D eigenvalue weighted by Gasteiger charge is 2.53. The van der Waals surface area contributed by atoms with Gasteiger partial charge in [-0.15, -0.1) is 0 Å². The summed E-state index contributed by atoms with van der Waals surface area (Å²) >= 11 is 3.46. The number of hydrogen-bond donors (Lipinski definition) is 1. The maximum absolute atomic E-state index is 12.9. The van der Waals surface area contributed by atoms with Crippen molar-refractivity contribution in [2.24, 2.45) is 0 Å². The van der Waals surface area contributed by atoms with Crippen molar-refractivity contribution in [2.45, 2.75) is 37.1 Å². The molecule has 1 N–H and O–H groups in total. The number of amides is 1. The number of benzene rings is 1. The van der Waals surface area contributed by atoms with E-state index in [2.05, 4.69) is 38.3 Å². The Labute approximate surface area is 128 Å². The summed E-state index contributed by atoms with van der Waals surface area (Å²) in [5, 5.41) is 3.31. The molecule has 1 saturated carbocycles. The van der Waals surface area contributed by atoms with E-state index in [-0.39, 0.29) is 5.41 Å². The van der Waals surface area contributed by atoms with Gasteiger partial charge in [0.1, 0.15) is 0 Å². The zero-order valence-corrected chi connectivity index (χ0v) is 13.4. The van der Waals surface area contributed by atoms with Crippen LogP contribution in [0.3, 0.4) is 0 Å². The Morgan fingerprint density at radius 3 is 2.65 bits per heavy atom. The van der Waals surface area contributed by atoms with Crippen LogP contribution in [0.5, 0.6) is 0 Å². The van der Waals surface area contributed by atoms with Gasteiger partial charge >= 0.3 is 0 Å². The molecular weight excluding hydrogens is 316 g/mol. The van der Waals surface area contributed by atoms with Crippen LogP contribution in [0.1, 0.15) is 31.2 Å². The smallest absolute Gasteiger partial charge is 0.233 e. The fourth-order valence-electron chi connectivity index (χ4n) is 3.22. The lowest BCUT2D eigenvalue weighted by Gasteiger charge is -2.35. The number of hydrogen-bond acceptors (Lipinski definition) is 2. The quantitative estimate of drug-likeness (QED) is 0.920. The number of piperidine rings is 1. The molecule has 0 radical (unpaired) electrons. The second kappa shape index (κ2) is 5.49. The Morgan fingerprint density at radius 1 is 1.35 bits per heavy atom. The van der Waals surface area contributed by atoms with Crippen LogP contribution in [0.15, 0.2) is 28.7 Å². The minimum absolute atomic E-state index is 0.226. The monoisotopic (exact) mass is 336 g/mol. The first-order valence-electron chi connectivity index (χ1n) is 7.38. The highest BCUT2D eigenvalue weighted by atomic mass is 79.9. The maximum Gasteiger partial charge on any atom is 0.233 e. The third-order valence-electron chi connectivity index (χ3n) is 4.67. The van der Waals surface area contributed by atoms with Gasteiger partial charge in [-0.25, -0.2) is 0 Å². The van der Waals surface area contributed by atoms with Gasteiger partial charge in [0.2, 0.25) is 5.91 Å². The van der Waals surface area contributed by atoms with Crippen molar-refractivity contribution in [1.82, 2.24) is 10.2 Å². The van der Waals surface area contributed by atoms with Crippen LogP contribution in [-0.4, -0.2) is 37.0 Å². The van der Waals surface area contributed by atoms with Crippen molar-refractivity contribution in [1.29, 1.82) is 0 Å². The molecule has 2 fully saturated rings. The predicted octanol–water partition coefficient (Wildman–Crippen LogP) is 2.69. The Morgan fingerprint density at radius 2 is 2.05 bits per heavy atom. The first-order chi connectivity index (χ1) is 9.65. The molecule has 0 spiro atoms. The first kappa shape index (κ1) is 14.1. The maximum atomic E-state index is 12.9. The van der Waals surface area contributed by atoms with Gasteiger partial charge in [0, 0.05) is 23.6 Å². The van der Waals surface area contributed by atoms with Crippen molar-refractivity contribution < 1.29 is 4.79 Å². The lowest BCUT2D eigenvalue weighted by atomic mass is 9.93. The fourth-order valence-corrected chi connectivity index (χ4v) is 3.48. The molecule has 4 heteroatoms. The highest BCUT2D eigenvalue weighted by molar-refractivity contribution is 9.10. The lowest BCUT2D eigenvalue weighted by Crippen LogP contribution is -2.50. The third kappa shape index (κ3) is 2.51. The van der Waals surface area contributed by atoms with Crippen LogP contribution in [0, 0.1) is 0 Å². The van der Waals surface area contributed by atoms with E-state index in [1.165, 1.54) is 12.0 Å². The van der Waals surface area contributed by atoms with Crippen molar-refractivity contribution >= 4 is 21.8 Å². The zero-order chi connectivity index (χ0) is 14.2. The molecule has 0 aromatic heterocycles. The molecule has 1 heterocycles. The summed E-state index contributed by atoms with van der Waals surface area (Å²) < 4.78 is 1.07. The number of likely N-dealkylation sites (tertiary alicyclic amines) is 1. The molecule has 3 rings (SSSR count). The topological polar surface area (TPSA) is 32.3 Å². The number of carbonyl (C=O) groups excluding carboxylic acids is 1. The number of likely N-dealkylation sites (N-methyl/N-ethyl adjacent to an activating group) is 1. The Bertz CT molecular complexity index is 496. The lowest BCUT2D eigenvalue weighted by molar-refractivity contribution is -0.135. The van der Waals surface area contributed by atoms with Gasteiger partial charge < -0.3 is 10.2 Å². The van der Waals surface area contributed by atoms with Crippen LogP contribution in [-0.2, 0) is 10.2 Å². The van der Waals surface area contributed by atoms with Crippen molar-refractivity contribution in [3.05, 3.63) is 34.3 Å². The van der Waals surface area contributed by atoms with E-state index in [4.69, 9.17) is 0 Å². The molecule has 3 nitrogen and oxygen atoms in total. The minimum atomic E-state index is -0.226. The van der Waals surface area contributed by atoms with E-state index in [9.17, 15) is 4.79 Å². The van der Waals surface area contributed by atoms with Crippen molar-refractivity contribution in [2.75, 3.05) is 20.1 Å². The molecule has 1 unspecified atom stereocenters. The van der Waals surface area contributed by atoms with Crippen LogP contribution >= 0.6 is 15.9 Å². The largest absolute Gasteiger partial charge is 0.340 e. The number of nitrogens with one attached hydrogen (secondary N) is 1. The van der Waals surface area contributed by atoms with E-state index in [0.29, 0.717) is 11.9 Å². The minimum Gasteiger partial charge on any atom is -0.340 e. The highest BCUT2D eigenvalue weighted by Crippen LogP contribution is 2.50. The second-order valence-corrected chi connectivity index (χ2v) is 6.88. The second-order valence-electron chi connectivity index (χ2n) is 5.97. The number of nitrogens with zero attached hydrogens (tertiary/aromatic N) is 1. The number of rotatable bonds is 3. The summed E-state index contributed by atoms with van der Waals surface area (Å²) in [5.74, 6) is 0.333. The summed E-state index contributed by atoms with van der Waals surface area (Å²) in [4.78, 5) is 15.0. The van der Waals surface area contributed by atoms with Gasteiger partial charge in [0.25, 0.3) is 0 Å². The fraction of sp³-hybridized carbons (Fsp3) is 0.562. The van der Waals surface area contributed by atoms with E-state index >= 15 is 0 Å². The van der Waals surface area contributed by atoms with Crippen LogP contribution in [0.2, 0.25) is 0 Å². The van der Waals surface area contributed by atoms with Gasteiger partial charge in [-0.1, -0.05) is 28.1 Å². The Hall–Kier alpha value is -0.870. The first-order valence-corrected chi connectivity index (χ1v) is 8.18. The summed E-state index contributed by atoms with van der Waals surface area (Å²) in [6.07, 6.45) is 4.27. The molecule has 20 heavy (non-hydrogen) atoms. The average Bonchev–Trinajstić information content (AvgIpc) is 3.29. The zero-order valence-electron chi connectivity index (χ0n) is 11.9. The van der Waals surface area contributed by atoms with Gasteiger partial charge in [0.05, 0.1) is 5.41 Å². The van der Waals surface area contributed by atoms with Crippen LogP contribution < -0.4 is 5.32 Å². The van der Waals surface area contributed by atoms with E-state index in [0.717, 1.165) is 36.8 Å². The molecule has 1 amide bonds. The predicted molar refractivity (Wildman–Crippen MR) is 83.7 cm³/mol. The third-order valence-corrected chi connectivity index (χ3v) is 5.20. The summed E-state index contributed by atoms with van der Waals surface area (Å²) in [6, 6.07) is 8.71. The summed E-state index contributed by atoms with van der Waals surface area (Å²) in [5.41, 5.74) is 0.952. The van der Waals surface area contributed by atoms with Gasteiger partial charge in [-0.2, -0.15) is 0 Å². The summed E-state index contributed by atoms with van der Waals surface area (Å²) in [6.45, 7) is 1.77. The molecule has 1 aliphatic carbocycles. The molecule has 1 saturated heterocycles. The molecule has 1 aromatic carbocycles. The van der Waals surface area contributed by atoms with Gasteiger partial charge in [0.15, 0.2) is 0 Å². The number of halogens is 1. The SMILES string of the molecule is CNC1CCCN(C(=O)C2(c3ccc(Br)cc3)CC2)C1. The van der Waals surface area contributed by atoms with E-state index < -0.39 is 0 Å². The molecule has 2 aliphatic rings. The van der Waals surface area contributed by atoms with Crippen molar-refractivity contribution in [3.63, 3.8) is 0 Å². The van der Waals surface area contributed by atoms with Crippen LogP contribution in [0.25, 0.3) is 0 Å². The molecule has 1 aliphatic heterocycles. The number of carbonyl (C=O) groups is 1. The van der Waals surface area contributed by atoms with E-state index in [1.54, 1.807) is 0 Å². The Kier molecular flexibility index (Phi) is 3.87. The summed E-state index contributed by atoms with van der Waals surface area (Å²) in [7, 11) is 1.99. The molecular formula is C16H21BrN2O. The molecule has 0 bridgehead atoms. The van der Waals surface area contributed by atoms with Crippen molar-refractivity contribution in [3.8, 4) is 0 Å². The average molecular weight is 337 g/mol. The molecule has 108 valence electrons. The molecule has 1 atom stereocenters. The van der Waals surface area contributed by atoms with Crippen LogP contribution in [0.4, 0.5) is 0 Å². The Balaban J connectivity index is 1.77. The van der Waals surface area contributed by atoms with E-state index in [1.807, 2.05) is 19.2 Å². The molecule has 1 aromatic rings. The van der Waals surface area contributed by atoms with Gasteiger partial charge in [-0.05, 0) is 50.4 Å².